The fraction of sp³-hybridized carbons (Fsp3) is 0.0132. The maximum absolute atomic E-state index is 5.47. The molecule has 0 aliphatic rings. The number of fused-ring (bicyclic) bond motifs is 9. The van der Waals surface area contributed by atoms with E-state index in [4.69, 9.17) is 15.0 Å². The molecular weight excluding hydrogens is 997 g/mol. The van der Waals surface area contributed by atoms with Gasteiger partial charge in [0.25, 0.3) is 0 Å². The van der Waals surface area contributed by atoms with Crippen molar-refractivity contribution in [1.29, 1.82) is 0 Å². The van der Waals surface area contributed by atoms with Crippen LogP contribution in [-0.2, 0) is 0 Å². The van der Waals surface area contributed by atoms with E-state index in [1.807, 2.05) is 36.4 Å². The third kappa shape index (κ3) is 7.61. The zero-order valence-corrected chi connectivity index (χ0v) is 44.8. The van der Waals surface area contributed by atoms with Crippen LogP contribution in [0.1, 0.15) is 5.56 Å². The average Bonchev–Trinajstić information content (AvgIpc) is 3.69. The molecule has 0 saturated carbocycles. The minimum Gasteiger partial charge on any atom is -0.309 e. The molecule has 4 aromatic heterocycles. The summed E-state index contributed by atoms with van der Waals surface area (Å²) >= 11 is 0. The van der Waals surface area contributed by atoms with E-state index in [1.165, 1.54) is 38.1 Å². The number of nitrogens with zero attached hydrogens (tertiary/aromatic N) is 6. The Morgan fingerprint density at radius 3 is 1.02 bits per heavy atom. The number of aromatic nitrogens is 6. The summed E-state index contributed by atoms with van der Waals surface area (Å²) in [7, 11) is 0. The Morgan fingerprint density at radius 1 is 0.232 bits per heavy atom. The summed E-state index contributed by atoms with van der Waals surface area (Å²) in [6.45, 7) is 2.14. The highest BCUT2D eigenvalue weighted by Crippen LogP contribution is 2.48. The molecule has 0 bridgehead atoms. The van der Waals surface area contributed by atoms with E-state index in [2.05, 4.69) is 269 Å². The molecule has 6 heteroatoms. The Kier molecular flexibility index (Phi) is 11.0. The molecule has 4 heterocycles. The van der Waals surface area contributed by atoms with Crippen LogP contribution < -0.4 is 0 Å². The second-order valence-corrected chi connectivity index (χ2v) is 21.2. The average molecular weight is 1050 g/mol. The van der Waals surface area contributed by atoms with E-state index in [0.29, 0.717) is 17.5 Å². The Balaban J connectivity index is 1.09. The van der Waals surface area contributed by atoms with Crippen molar-refractivity contribution in [2.24, 2.45) is 0 Å². The van der Waals surface area contributed by atoms with Crippen molar-refractivity contribution in [2.75, 3.05) is 0 Å². The van der Waals surface area contributed by atoms with Gasteiger partial charge in [0.2, 0.25) is 0 Å². The fourth-order valence-corrected chi connectivity index (χ4v) is 12.6. The smallest absolute Gasteiger partial charge is 0.164 e. The van der Waals surface area contributed by atoms with Crippen LogP contribution in [0.3, 0.4) is 0 Å². The van der Waals surface area contributed by atoms with Gasteiger partial charge in [-0.1, -0.05) is 224 Å². The van der Waals surface area contributed by atoms with Gasteiger partial charge in [-0.15, -0.1) is 0 Å². The number of rotatable bonds is 9. The lowest BCUT2D eigenvalue weighted by molar-refractivity contribution is 1.07. The van der Waals surface area contributed by atoms with E-state index in [1.54, 1.807) is 0 Å². The second-order valence-electron chi connectivity index (χ2n) is 21.2. The van der Waals surface area contributed by atoms with Gasteiger partial charge in [0.15, 0.2) is 17.5 Å². The first kappa shape index (κ1) is 47.1. The highest BCUT2D eigenvalue weighted by atomic mass is 15.0. The largest absolute Gasteiger partial charge is 0.309 e. The topological polar surface area (TPSA) is 53.5 Å². The molecule has 0 aliphatic carbocycles. The van der Waals surface area contributed by atoms with Crippen LogP contribution in [-0.4, -0.2) is 28.7 Å². The molecule has 12 aromatic carbocycles. The van der Waals surface area contributed by atoms with Crippen LogP contribution in [0.25, 0.3) is 150 Å². The number of para-hydroxylation sites is 7. The third-order valence-electron chi connectivity index (χ3n) is 16.4. The van der Waals surface area contributed by atoms with E-state index in [0.717, 1.165) is 100 Å². The monoisotopic (exact) mass is 1050 g/mol. The number of benzene rings is 12. The van der Waals surface area contributed by atoms with E-state index in [9.17, 15) is 0 Å². The molecule has 0 amide bonds. The molecule has 0 unspecified atom stereocenters. The summed E-state index contributed by atoms with van der Waals surface area (Å²) in [6.07, 6.45) is 0. The summed E-state index contributed by atoms with van der Waals surface area (Å²) in [5, 5.41) is 7.11. The van der Waals surface area contributed by atoms with Crippen molar-refractivity contribution in [3.8, 4) is 84.6 Å². The van der Waals surface area contributed by atoms with Gasteiger partial charge in [-0.05, 0) is 84.8 Å². The van der Waals surface area contributed by atoms with Crippen molar-refractivity contribution in [2.45, 2.75) is 6.92 Å². The molecule has 6 nitrogen and oxygen atoms in total. The van der Waals surface area contributed by atoms with Crippen LogP contribution in [0.15, 0.2) is 285 Å². The van der Waals surface area contributed by atoms with Crippen LogP contribution in [0.5, 0.6) is 0 Å². The Hall–Kier alpha value is -11.0. The van der Waals surface area contributed by atoms with Crippen LogP contribution in [0, 0.1) is 6.92 Å². The van der Waals surface area contributed by atoms with Crippen molar-refractivity contribution in [3.63, 3.8) is 0 Å². The predicted octanol–water partition coefficient (Wildman–Crippen LogP) is 19.5. The zero-order chi connectivity index (χ0) is 54.3. The molecule has 0 radical (unpaired) electrons. The van der Waals surface area contributed by atoms with E-state index < -0.39 is 0 Å². The van der Waals surface area contributed by atoms with Gasteiger partial charge in [0.1, 0.15) is 0 Å². The van der Waals surface area contributed by atoms with E-state index in [-0.39, 0.29) is 0 Å². The van der Waals surface area contributed by atoms with Crippen LogP contribution in [0.2, 0.25) is 0 Å². The zero-order valence-electron chi connectivity index (χ0n) is 44.8. The Bertz CT molecular complexity index is 4820. The van der Waals surface area contributed by atoms with Gasteiger partial charge in [0, 0.05) is 71.3 Å². The Labute approximate surface area is 473 Å². The molecule has 16 aromatic rings. The number of hydrogen-bond donors (Lipinski definition) is 0. The maximum atomic E-state index is 5.47. The number of aryl methyl sites for hydroxylation is 1. The first-order chi connectivity index (χ1) is 40.6. The van der Waals surface area contributed by atoms with Gasteiger partial charge in [-0.3, -0.25) is 0 Å². The summed E-state index contributed by atoms with van der Waals surface area (Å²) in [5.41, 5.74) is 20.2. The lowest BCUT2D eigenvalue weighted by Gasteiger charge is -2.24. The first-order valence-electron chi connectivity index (χ1n) is 27.9. The molecular formula is C76H50N6. The fourth-order valence-electron chi connectivity index (χ4n) is 12.6. The second kappa shape index (κ2) is 19.2. The van der Waals surface area contributed by atoms with E-state index >= 15 is 0 Å². The highest BCUT2D eigenvalue weighted by molar-refractivity contribution is 6.14. The predicted molar refractivity (Wildman–Crippen MR) is 340 cm³/mol. The highest BCUT2D eigenvalue weighted by Gasteiger charge is 2.28. The van der Waals surface area contributed by atoms with Gasteiger partial charge >= 0.3 is 0 Å². The van der Waals surface area contributed by atoms with Gasteiger partial charge in [-0.25, -0.2) is 15.0 Å². The minimum absolute atomic E-state index is 0.565. The molecule has 0 atom stereocenters. The summed E-state index contributed by atoms with van der Waals surface area (Å²) in [5.74, 6) is 1.76. The molecule has 384 valence electrons. The molecule has 0 saturated heterocycles. The third-order valence-corrected chi connectivity index (χ3v) is 16.4. The number of hydrogen-bond acceptors (Lipinski definition) is 3. The van der Waals surface area contributed by atoms with Crippen LogP contribution in [0.4, 0.5) is 0 Å². The van der Waals surface area contributed by atoms with Gasteiger partial charge < -0.3 is 13.7 Å². The lowest BCUT2D eigenvalue weighted by atomic mass is 9.90. The molecule has 0 spiro atoms. The standard InChI is InChI=1S/C76H50N6/c1-49-40-42-50(43-41-49)53-44-45-72-62(46-53)59-30-12-21-39-71(59)82(72)73-63(60-31-13-19-37-69(60)80-65-33-15-8-26-55(65)56-27-9-16-34-66(56)80)47-54(76-78-74(51-22-4-2-5-23-51)77-75(79-76)52-24-6-3-7-25-52)48-64(73)61-32-14-20-38-70(61)81-67-35-17-10-28-57(67)58-29-11-18-36-68(58)81/h2-48H,1H3. The quantitative estimate of drug-likeness (QED) is 0.145. The van der Waals surface area contributed by atoms with Gasteiger partial charge in [-0.2, -0.15) is 0 Å². The van der Waals surface area contributed by atoms with Crippen LogP contribution >= 0.6 is 0 Å². The Morgan fingerprint density at radius 2 is 0.573 bits per heavy atom. The molecule has 16 rings (SSSR count). The maximum Gasteiger partial charge on any atom is 0.164 e. The molecule has 82 heavy (non-hydrogen) atoms. The molecule has 0 aliphatic heterocycles. The molecule has 0 N–H and O–H groups in total. The molecule has 0 fully saturated rings. The normalized spacial score (nSPS) is 11.7. The minimum atomic E-state index is 0.565. The van der Waals surface area contributed by atoms with Crippen molar-refractivity contribution < 1.29 is 0 Å². The lowest BCUT2D eigenvalue weighted by Crippen LogP contribution is -2.07. The van der Waals surface area contributed by atoms with Crippen molar-refractivity contribution in [3.05, 3.63) is 291 Å². The first-order valence-corrected chi connectivity index (χ1v) is 27.9. The summed E-state index contributed by atoms with van der Waals surface area (Å²) < 4.78 is 7.43. The summed E-state index contributed by atoms with van der Waals surface area (Å²) in [4.78, 5) is 16.1. The summed E-state index contributed by atoms with van der Waals surface area (Å²) in [6, 6.07) is 103. The van der Waals surface area contributed by atoms with Gasteiger partial charge in [0.05, 0.1) is 50.2 Å². The SMILES string of the molecule is Cc1ccc(-c2ccc3c(c2)c2ccccc2n3-c2c(-c3ccccc3-n3c4ccccc4c4ccccc43)cc(-c3nc(-c4ccccc4)nc(-c4ccccc4)n3)cc2-c2ccccc2-n2c3ccccc3c3ccccc32)cc1. The van der Waals surface area contributed by atoms with Crippen molar-refractivity contribution in [1.82, 2.24) is 28.7 Å². The van der Waals surface area contributed by atoms with Crippen molar-refractivity contribution >= 4 is 65.4 Å².